The minimum Gasteiger partial charge on any atom is -0.353 e. The summed E-state index contributed by atoms with van der Waals surface area (Å²) in [4.78, 5) is 31.4. The Labute approximate surface area is 195 Å². The van der Waals surface area contributed by atoms with Crippen molar-refractivity contribution >= 4 is 39.2 Å². The molecular weight excluding hydrogens is 438 g/mol. The molecule has 2 aromatic heterocycles. The molecular formula is C25H25N3O2S2. The van der Waals surface area contributed by atoms with E-state index < -0.39 is 5.25 Å². The fourth-order valence-electron chi connectivity index (χ4n) is 3.45. The number of para-hydroxylation sites is 1. The number of benzene rings is 2. The van der Waals surface area contributed by atoms with E-state index in [2.05, 4.69) is 17.4 Å². The topological polar surface area (TPSA) is 64.0 Å². The number of nitrogens with one attached hydrogen (secondary N) is 1. The van der Waals surface area contributed by atoms with E-state index in [1.807, 2.05) is 67.8 Å². The average Bonchev–Trinajstić information content (AvgIpc) is 3.28. The van der Waals surface area contributed by atoms with Crippen LogP contribution in [-0.4, -0.2) is 26.8 Å². The van der Waals surface area contributed by atoms with Gasteiger partial charge in [0.25, 0.3) is 5.56 Å². The van der Waals surface area contributed by atoms with Crippen molar-refractivity contribution in [2.24, 2.45) is 0 Å². The maximum Gasteiger partial charge on any atom is 0.267 e. The summed E-state index contributed by atoms with van der Waals surface area (Å²) in [5, 5.41) is 5.69. The van der Waals surface area contributed by atoms with Gasteiger partial charge in [0.1, 0.15) is 4.83 Å². The average molecular weight is 464 g/mol. The van der Waals surface area contributed by atoms with Crippen molar-refractivity contribution in [1.82, 2.24) is 14.9 Å². The zero-order chi connectivity index (χ0) is 22.5. The maximum absolute atomic E-state index is 13.2. The molecule has 1 N–H and O–H groups in total. The van der Waals surface area contributed by atoms with Gasteiger partial charge in [-0.25, -0.2) is 4.98 Å². The molecule has 0 aliphatic carbocycles. The second-order valence-electron chi connectivity index (χ2n) is 7.70. The molecule has 2 heterocycles. The zero-order valence-corrected chi connectivity index (χ0v) is 19.7. The van der Waals surface area contributed by atoms with Crippen LogP contribution in [0.5, 0.6) is 0 Å². The third kappa shape index (κ3) is 5.11. The molecule has 0 bridgehead atoms. The van der Waals surface area contributed by atoms with Crippen LogP contribution >= 0.6 is 23.1 Å². The van der Waals surface area contributed by atoms with E-state index >= 15 is 0 Å². The van der Waals surface area contributed by atoms with Crippen molar-refractivity contribution in [2.75, 3.05) is 0 Å². The molecule has 1 amide bonds. The summed E-state index contributed by atoms with van der Waals surface area (Å²) in [6.07, 6.45) is 1.77. The third-order valence-corrected chi connectivity index (χ3v) is 7.09. The molecule has 0 saturated heterocycles. The molecule has 4 aromatic rings. The van der Waals surface area contributed by atoms with Crippen LogP contribution in [-0.2, 0) is 11.2 Å². The summed E-state index contributed by atoms with van der Waals surface area (Å²) in [6.45, 7) is 3.87. The van der Waals surface area contributed by atoms with Crippen molar-refractivity contribution in [3.05, 3.63) is 88.0 Å². The zero-order valence-electron chi connectivity index (χ0n) is 18.0. The first-order valence-electron chi connectivity index (χ1n) is 10.6. The summed E-state index contributed by atoms with van der Waals surface area (Å²) in [6, 6.07) is 21.5. The van der Waals surface area contributed by atoms with Crippen molar-refractivity contribution in [2.45, 2.75) is 43.1 Å². The van der Waals surface area contributed by atoms with Crippen LogP contribution in [0, 0.1) is 0 Å². The molecule has 7 heteroatoms. The second kappa shape index (κ2) is 10.1. The molecule has 0 fully saturated rings. The Bertz CT molecular complexity index is 1250. The first kappa shape index (κ1) is 22.3. The number of aryl methyl sites for hydroxylation is 1. The number of hydrogen-bond acceptors (Lipinski definition) is 5. The quantitative estimate of drug-likeness (QED) is 0.293. The summed E-state index contributed by atoms with van der Waals surface area (Å²) in [5.41, 5.74) is 1.88. The van der Waals surface area contributed by atoms with E-state index in [0.717, 1.165) is 18.5 Å². The summed E-state index contributed by atoms with van der Waals surface area (Å²) in [5.74, 6) is -0.0595. The van der Waals surface area contributed by atoms with Crippen LogP contribution in [0.1, 0.15) is 25.8 Å². The summed E-state index contributed by atoms with van der Waals surface area (Å²) in [7, 11) is 0. The molecule has 0 aliphatic rings. The molecule has 2 aromatic carbocycles. The van der Waals surface area contributed by atoms with Gasteiger partial charge in [-0.15, -0.1) is 11.3 Å². The van der Waals surface area contributed by atoms with Gasteiger partial charge < -0.3 is 5.32 Å². The van der Waals surface area contributed by atoms with E-state index in [1.54, 1.807) is 10.6 Å². The van der Waals surface area contributed by atoms with Crippen LogP contribution in [0.3, 0.4) is 0 Å². The molecule has 0 aliphatic heterocycles. The number of hydrogen-bond donors (Lipinski definition) is 1. The van der Waals surface area contributed by atoms with E-state index in [0.29, 0.717) is 15.4 Å². The lowest BCUT2D eigenvalue weighted by Gasteiger charge is -2.19. The second-order valence-corrected chi connectivity index (χ2v) is 9.91. The highest BCUT2D eigenvalue weighted by Gasteiger charge is 2.21. The highest BCUT2D eigenvalue weighted by atomic mass is 32.2. The Morgan fingerprint density at radius 2 is 1.75 bits per heavy atom. The smallest absolute Gasteiger partial charge is 0.267 e. The molecule has 32 heavy (non-hydrogen) atoms. The molecule has 5 nitrogen and oxygen atoms in total. The van der Waals surface area contributed by atoms with Crippen molar-refractivity contribution in [3.63, 3.8) is 0 Å². The molecule has 0 spiro atoms. The SMILES string of the molecule is C[C@H](CCc1ccccc1)NC(=O)[C@H](C)Sc1nc2sccc2c(=O)n1-c1ccccc1. The fourth-order valence-corrected chi connectivity index (χ4v) is 5.19. The Morgan fingerprint density at radius 3 is 2.47 bits per heavy atom. The van der Waals surface area contributed by atoms with E-state index in [1.165, 1.54) is 28.7 Å². The van der Waals surface area contributed by atoms with Crippen LogP contribution < -0.4 is 10.9 Å². The van der Waals surface area contributed by atoms with E-state index in [4.69, 9.17) is 4.98 Å². The largest absolute Gasteiger partial charge is 0.353 e. The molecule has 0 saturated carbocycles. The van der Waals surface area contributed by atoms with Gasteiger partial charge in [0, 0.05) is 6.04 Å². The molecule has 4 rings (SSSR count). The highest BCUT2D eigenvalue weighted by molar-refractivity contribution is 8.00. The number of aromatic nitrogens is 2. The Hall–Kier alpha value is -2.90. The van der Waals surface area contributed by atoms with Gasteiger partial charge in [-0.05, 0) is 55.8 Å². The number of carbonyl (C=O) groups excluding carboxylic acids is 1. The number of thiophene rings is 1. The first-order chi connectivity index (χ1) is 15.5. The van der Waals surface area contributed by atoms with Gasteiger partial charge in [-0.2, -0.15) is 0 Å². The number of thioether (sulfide) groups is 1. The van der Waals surface area contributed by atoms with Crippen LogP contribution in [0.2, 0.25) is 0 Å². The van der Waals surface area contributed by atoms with Gasteiger partial charge in [0.15, 0.2) is 5.16 Å². The van der Waals surface area contributed by atoms with Crippen LogP contribution in [0.4, 0.5) is 0 Å². The van der Waals surface area contributed by atoms with Crippen LogP contribution in [0.15, 0.2) is 82.1 Å². The number of nitrogens with zero attached hydrogens (tertiary/aromatic N) is 2. The molecule has 164 valence electrons. The van der Waals surface area contributed by atoms with Crippen molar-refractivity contribution in [3.8, 4) is 5.69 Å². The summed E-state index contributed by atoms with van der Waals surface area (Å²) >= 11 is 2.74. The van der Waals surface area contributed by atoms with Gasteiger partial charge in [-0.1, -0.05) is 60.3 Å². The Balaban J connectivity index is 1.50. The predicted octanol–water partition coefficient (Wildman–Crippen LogP) is 5.07. The van der Waals surface area contributed by atoms with E-state index in [9.17, 15) is 9.59 Å². The maximum atomic E-state index is 13.2. The first-order valence-corrected chi connectivity index (χ1v) is 12.4. The van der Waals surface area contributed by atoms with Gasteiger partial charge in [0.2, 0.25) is 5.91 Å². The van der Waals surface area contributed by atoms with Crippen LogP contribution in [0.25, 0.3) is 15.9 Å². The third-order valence-electron chi connectivity index (χ3n) is 5.23. The number of fused-ring (bicyclic) bond motifs is 1. The van der Waals surface area contributed by atoms with Crippen molar-refractivity contribution < 1.29 is 4.79 Å². The normalized spacial score (nSPS) is 13.1. The lowest BCUT2D eigenvalue weighted by atomic mass is 10.1. The summed E-state index contributed by atoms with van der Waals surface area (Å²) < 4.78 is 1.60. The lowest BCUT2D eigenvalue weighted by Crippen LogP contribution is -2.38. The Morgan fingerprint density at radius 1 is 1.06 bits per heavy atom. The van der Waals surface area contributed by atoms with Gasteiger partial charge in [-0.3, -0.25) is 14.2 Å². The fraction of sp³-hybridized carbons (Fsp3) is 0.240. The van der Waals surface area contributed by atoms with E-state index in [-0.39, 0.29) is 17.5 Å². The minimum absolute atomic E-state index is 0.0507. The molecule has 0 radical (unpaired) electrons. The molecule has 0 unspecified atom stereocenters. The molecule has 2 atom stereocenters. The number of carbonyl (C=O) groups is 1. The highest BCUT2D eigenvalue weighted by Crippen LogP contribution is 2.27. The minimum atomic E-state index is -0.395. The predicted molar refractivity (Wildman–Crippen MR) is 133 cm³/mol. The van der Waals surface area contributed by atoms with Gasteiger partial charge >= 0.3 is 0 Å². The monoisotopic (exact) mass is 463 g/mol. The standard InChI is InChI=1S/C25H25N3O2S2/c1-17(13-14-19-9-5-3-6-10-19)26-22(29)18(2)32-25-27-23-21(15-16-31-23)24(30)28(25)20-11-7-4-8-12-20/h3-12,15-18H,13-14H2,1-2H3,(H,26,29)/t17-,18+/m1/s1. The number of rotatable bonds is 8. The number of amides is 1. The Kier molecular flexibility index (Phi) is 7.07. The van der Waals surface area contributed by atoms with Crippen molar-refractivity contribution in [1.29, 1.82) is 0 Å². The van der Waals surface area contributed by atoms with Gasteiger partial charge in [0.05, 0.1) is 16.3 Å². The lowest BCUT2D eigenvalue weighted by molar-refractivity contribution is -0.120.